The molecule has 1 N–H and O–H groups in total. The number of hydrogen-bond acceptors (Lipinski definition) is 4. The van der Waals surface area contributed by atoms with E-state index in [2.05, 4.69) is 36.8 Å². The molecule has 0 saturated carbocycles. The Hall–Kier alpha value is -2.74. The van der Waals surface area contributed by atoms with E-state index in [-0.39, 0.29) is 5.69 Å². The van der Waals surface area contributed by atoms with Crippen molar-refractivity contribution in [1.29, 1.82) is 0 Å². The zero-order chi connectivity index (χ0) is 25.7. The number of alkyl halides is 6. The van der Waals surface area contributed by atoms with Gasteiger partial charge in [0.05, 0.1) is 23.2 Å². The lowest BCUT2D eigenvalue weighted by molar-refractivity contribution is -0.167. The number of methoxy groups -OCH3 is 2. The zero-order valence-electron chi connectivity index (χ0n) is 17.3. The van der Waals surface area contributed by atoms with Crippen molar-refractivity contribution in [2.24, 2.45) is 0 Å². The van der Waals surface area contributed by atoms with Gasteiger partial charge in [0.2, 0.25) is 5.82 Å². The fourth-order valence-corrected chi connectivity index (χ4v) is 3.54. The minimum Gasteiger partial charge on any atom is -0.496 e. The van der Waals surface area contributed by atoms with Gasteiger partial charge < -0.3 is 14.8 Å². The van der Waals surface area contributed by atoms with E-state index in [1.165, 1.54) is 50.7 Å². The standard InChI is InChI=1S/C11H8BrF3N2O.C9H7BrF3NO2/c1-18-9-3-2-7(6-8(9)12)17-5-4-16-10(17)11(13,14)15;1-16-7-3-2-5(4-6(7)10)14-8(15)9(11,12)13/h2-6H,1H3;2-4H,1H3,(H,14,15). The largest absolute Gasteiger partial charge is 0.496 e. The molecule has 1 heterocycles. The maximum Gasteiger partial charge on any atom is 0.471 e. The van der Waals surface area contributed by atoms with E-state index in [4.69, 9.17) is 9.47 Å². The molecular formula is C20H15Br2F6N3O3. The Labute approximate surface area is 206 Å². The summed E-state index contributed by atoms with van der Waals surface area (Å²) < 4.78 is 85.8. The van der Waals surface area contributed by atoms with Gasteiger partial charge in [-0.3, -0.25) is 9.36 Å². The normalized spacial score (nSPS) is 11.4. The Morgan fingerprint density at radius 3 is 1.97 bits per heavy atom. The summed E-state index contributed by atoms with van der Waals surface area (Å²) in [5, 5.41) is 1.72. The molecule has 0 aliphatic carbocycles. The number of imidazole rings is 1. The van der Waals surface area contributed by atoms with Gasteiger partial charge in [-0.15, -0.1) is 0 Å². The van der Waals surface area contributed by atoms with E-state index < -0.39 is 24.1 Å². The lowest BCUT2D eigenvalue weighted by atomic mass is 10.3. The number of amides is 1. The fourth-order valence-electron chi connectivity index (χ4n) is 2.47. The Morgan fingerprint density at radius 1 is 0.941 bits per heavy atom. The van der Waals surface area contributed by atoms with Crippen molar-refractivity contribution in [3.8, 4) is 17.2 Å². The molecule has 34 heavy (non-hydrogen) atoms. The van der Waals surface area contributed by atoms with Gasteiger partial charge in [-0.05, 0) is 68.3 Å². The SMILES string of the molecule is COc1ccc(-n2ccnc2C(F)(F)F)cc1Br.COc1ccc(NC(=O)C(F)(F)F)cc1Br. The number of rotatable bonds is 4. The molecule has 0 saturated heterocycles. The van der Waals surface area contributed by atoms with Crippen LogP contribution in [0.5, 0.6) is 11.5 Å². The van der Waals surface area contributed by atoms with Crippen LogP contribution in [-0.2, 0) is 11.0 Å². The number of benzene rings is 2. The second-order valence-corrected chi connectivity index (χ2v) is 7.95. The van der Waals surface area contributed by atoms with Gasteiger partial charge in [0.25, 0.3) is 0 Å². The third-order valence-corrected chi connectivity index (χ3v) is 5.21. The lowest BCUT2D eigenvalue weighted by Gasteiger charge is -2.11. The maximum atomic E-state index is 12.7. The average Bonchev–Trinajstić information content (AvgIpc) is 3.24. The van der Waals surface area contributed by atoms with Crippen LogP contribution >= 0.6 is 31.9 Å². The third kappa shape index (κ3) is 7.13. The topological polar surface area (TPSA) is 65.4 Å². The molecular weight excluding hydrogens is 604 g/mol. The van der Waals surface area contributed by atoms with Gasteiger partial charge in [-0.25, -0.2) is 4.98 Å². The summed E-state index contributed by atoms with van der Waals surface area (Å²) in [4.78, 5) is 13.9. The van der Waals surface area contributed by atoms with Crippen molar-refractivity contribution in [2.75, 3.05) is 19.5 Å². The Balaban J connectivity index is 0.000000242. The smallest absolute Gasteiger partial charge is 0.471 e. The van der Waals surface area contributed by atoms with Crippen molar-refractivity contribution < 1.29 is 40.6 Å². The van der Waals surface area contributed by atoms with Crippen LogP contribution in [0.25, 0.3) is 5.69 Å². The molecule has 3 aromatic rings. The van der Waals surface area contributed by atoms with Gasteiger partial charge in [0.15, 0.2) is 0 Å². The first kappa shape index (κ1) is 27.5. The number of halogens is 8. The summed E-state index contributed by atoms with van der Waals surface area (Å²) in [5.41, 5.74) is 0.391. The second-order valence-electron chi connectivity index (χ2n) is 6.24. The van der Waals surface area contributed by atoms with Crippen LogP contribution in [-0.4, -0.2) is 35.9 Å². The number of nitrogens with one attached hydrogen (secondary N) is 1. The fraction of sp³-hybridized carbons (Fsp3) is 0.200. The molecule has 0 spiro atoms. The molecule has 184 valence electrons. The molecule has 0 aliphatic heterocycles. The molecule has 0 bridgehead atoms. The number of carbonyl (C=O) groups is 1. The zero-order valence-corrected chi connectivity index (χ0v) is 20.4. The Morgan fingerprint density at radius 2 is 1.50 bits per heavy atom. The summed E-state index contributed by atoms with van der Waals surface area (Å²) in [6.45, 7) is 0. The molecule has 0 aliphatic rings. The Kier molecular flexibility index (Phi) is 9.00. The number of ether oxygens (including phenoxy) is 2. The first-order valence-corrected chi connectivity index (χ1v) is 10.5. The average molecular weight is 619 g/mol. The summed E-state index contributed by atoms with van der Waals surface area (Å²) in [7, 11) is 2.91. The number of aromatic nitrogens is 2. The van der Waals surface area contributed by atoms with Crippen molar-refractivity contribution in [3.63, 3.8) is 0 Å². The van der Waals surface area contributed by atoms with Gasteiger partial charge >= 0.3 is 18.3 Å². The van der Waals surface area contributed by atoms with Crippen LogP contribution in [0.2, 0.25) is 0 Å². The second kappa shape index (κ2) is 11.1. The van der Waals surface area contributed by atoms with E-state index in [0.29, 0.717) is 26.1 Å². The first-order valence-electron chi connectivity index (χ1n) is 8.94. The van der Waals surface area contributed by atoms with E-state index >= 15 is 0 Å². The van der Waals surface area contributed by atoms with Crippen LogP contribution in [0, 0.1) is 0 Å². The summed E-state index contributed by atoms with van der Waals surface area (Å²) in [6.07, 6.45) is -7.01. The summed E-state index contributed by atoms with van der Waals surface area (Å²) in [5.74, 6) is -1.96. The summed E-state index contributed by atoms with van der Waals surface area (Å²) >= 11 is 6.32. The minimum atomic E-state index is -4.90. The predicted molar refractivity (Wildman–Crippen MR) is 118 cm³/mol. The maximum absolute atomic E-state index is 12.7. The van der Waals surface area contributed by atoms with E-state index in [0.717, 1.165) is 10.8 Å². The number of anilines is 1. The molecule has 3 rings (SSSR count). The number of carbonyl (C=O) groups excluding carboxylic acids is 1. The van der Waals surface area contributed by atoms with Crippen LogP contribution in [0.1, 0.15) is 5.82 Å². The highest BCUT2D eigenvalue weighted by Gasteiger charge is 2.38. The van der Waals surface area contributed by atoms with Gasteiger partial charge in [-0.2, -0.15) is 26.3 Å². The molecule has 1 amide bonds. The van der Waals surface area contributed by atoms with Crippen molar-refractivity contribution >= 4 is 43.5 Å². The molecule has 2 aromatic carbocycles. The van der Waals surface area contributed by atoms with Crippen molar-refractivity contribution in [1.82, 2.24) is 9.55 Å². The molecule has 0 atom stereocenters. The monoisotopic (exact) mass is 617 g/mol. The number of nitrogens with zero attached hydrogens (tertiary/aromatic N) is 2. The van der Waals surface area contributed by atoms with Crippen molar-refractivity contribution in [3.05, 3.63) is 63.6 Å². The summed E-state index contributed by atoms with van der Waals surface area (Å²) in [6, 6.07) is 8.72. The van der Waals surface area contributed by atoms with Gasteiger partial charge in [0, 0.05) is 23.8 Å². The Bertz CT molecular complexity index is 1150. The number of hydrogen-bond donors (Lipinski definition) is 1. The molecule has 0 radical (unpaired) electrons. The van der Waals surface area contributed by atoms with Crippen LogP contribution in [0.3, 0.4) is 0 Å². The van der Waals surface area contributed by atoms with Crippen LogP contribution < -0.4 is 14.8 Å². The first-order chi connectivity index (χ1) is 15.8. The quantitative estimate of drug-likeness (QED) is 0.334. The van der Waals surface area contributed by atoms with Gasteiger partial charge in [-0.1, -0.05) is 0 Å². The van der Waals surface area contributed by atoms with E-state index in [1.54, 1.807) is 11.4 Å². The van der Waals surface area contributed by atoms with Crippen LogP contribution in [0.4, 0.5) is 32.0 Å². The lowest BCUT2D eigenvalue weighted by Crippen LogP contribution is -2.29. The highest BCUT2D eigenvalue weighted by atomic mass is 79.9. The predicted octanol–water partition coefficient (Wildman–Crippen LogP) is 6.62. The third-order valence-electron chi connectivity index (χ3n) is 3.97. The minimum absolute atomic E-state index is 0.0370. The highest BCUT2D eigenvalue weighted by Crippen LogP contribution is 2.32. The van der Waals surface area contributed by atoms with Crippen molar-refractivity contribution in [2.45, 2.75) is 12.4 Å². The van der Waals surface area contributed by atoms with Gasteiger partial charge in [0.1, 0.15) is 11.5 Å². The van der Waals surface area contributed by atoms with E-state index in [9.17, 15) is 31.1 Å². The van der Waals surface area contributed by atoms with E-state index in [1.807, 2.05) is 0 Å². The highest BCUT2D eigenvalue weighted by molar-refractivity contribution is 9.10. The molecule has 6 nitrogen and oxygen atoms in total. The molecule has 0 fully saturated rings. The molecule has 14 heteroatoms. The van der Waals surface area contributed by atoms with Crippen LogP contribution in [0.15, 0.2) is 57.7 Å². The molecule has 0 unspecified atom stereocenters. The molecule has 1 aromatic heterocycles.